The van der Waals surface area contributed by atoms with Crippen molar-refractivity contribution >= 4 is 17.3 Å². The Morgan fingerprint density at radius 1 is 1.04 bits per heavy atom. The number of nitrogens with zero attached hydrogens (tertiary/aromatic N) is 1. The summed E-state index contributed by atoms with van der Waals surface area (Å²) in [6.45, 7) is 0.0379. The number of hydrogen-bond acceptors (Lipinski definition) is 7. The van der Waals surface area contributed by atoms with Crippen LogP contribution in [0.3, 0.4) is 0 Å². The molecule has 1 N–H and O–H groups in total. The van der Waals surface area contributed by atoms with E-state index in [0.717, 1.165) is 0 Å². The van der Waals surface area contributed by atoms with Crippen LogP contribution in [0.2, 0.25) is 0 Å². The van der Waals surface area contributed by atoms with Crippen molar-refractivity contribution in [3.8, 4) is 0 Å². The predicted molar refractivity (Wildman–Crippen MR) is 96.0 cm³/mol. The number of pyridine rings is 1. The fourth-order valence-electron chi connectivity index (χ4n) is 3.00. The van der Waals surface area contributed by atoms with Crippen molar-refractivity contribution in [2.75, 3.05) is 0 Å². The van der Waals surface area contributed by atoms with Crippen molar-refractivity contribution in [3.63, 3.8) is 0 Å². The van der Waals surface area contributed by atoms with Crippen molar-refractivity contribution in [1.82, 2.24) is 4.98 Å². The molecular formula is C21H15NO6. The van der Waals surface area contributed by atoms with E-state index in [1.807, 2.05) is 0 Å². The topological polar surface area (TPSA) is 107 Å². The maximum absolute atomic E-state index is 12.6. The highest BCUT2D eigenvalue weighted by atomic mass is 16.6. The molecule has 7 heteroatoms. The summed E-state index contributed by atoms with van der Waals surface area (Å²) in [5.74, 6) is -1.72. The number of carbonyl (C=O) groups is 3. The van der Waals surface area contributed by atoms with Crippen LogP contribution in [0.25, 0.3) is 0 Å². The SMILES string of the molecule is O=C(CC(O)OCc1ccccn1)c1cc2c(o1)C(=O)c1ccccc1C2=O. The van der Waals surface area contributed by atoms with Gasteiger partial charge in [0.05, 0.1) is 24.3 Å². The van der Waals surface area contributed by atoms with Crippen molar-refractivity contribution in [1.29, 1.82) is 0 Å². The average molecular weight is 377 g/mol. The van der Waals surface area contributed by atoms with Gasteiger partial charge < -0.3 is 14.3 Å². The molecule has 4 rings (SSSR count). The summed E-state index contributed by atoms with van der Waals surface area (Å²) < 4.78 is 10.6. The van der Waals surface area contributed by atoms with Gasteiger partial charge in [-0.05, 0) is 18.2 Å². The first-order chi connectivity index (χ1) is 13.5. The second-order valence-corrected chi connectivity index (χ2v) is 6.27. The van der Waals surface area contributed by atoms with Gasteiger partial charge in [0.1, 0.15) is 0 Å². The lowest BCUT2D eigenvalue weighted by Gasteiger charge is -2.11. The standard InChI is InChI=1S/C21H15NO6/c23-16(10-18(24)27-11-12-5-3-4-8-22-12)17-9-15-19(25)13-6-1-2-7-14(13)20(26)21(15)28-17/h1-9,18,24H,10-11H2. The number of aliphatic hydroxyl groups is 1. The highest BCUT2D eigenvalue weighted by molar-refractivity contribution is 6.27. The Kier molecular flexibility index (Phi) is 4.68. The van der Waals surface area contributed by atoms with E-state index in [2.05, 4.69) is 4.98 Å². The lowest BCUT2D eigenvalue weighted by molar-refractivity contribution is -0.106. The van der Waals surface area contributed by atoms with Gasteiger partial charge in [-0.25, -0.2) is 0 Å². The Labute approximate surface area is 159 Å². The molecule has 2 aromatic heterocycles. The van der Waals surface area contributed by atoms with Crippen LogP contribution in [-0.4, -0.2) is 33.7 Å². The Balaban J connectivity index is 1.48. The summed E-state index contributed by atoms with van der Waals surface area (Å²) in [7, 11) is 0. The van der Waals surface area contributed by atoms with E-state index in [1.54, 1.807) is 42.6 Å². The number of ketones is 3. The lowest BCUT2D eigenvalue weighted by atomic mass is 9.88. The first-order valence-electron chi connectivity index (χ1n) is 8.59. The largest absolute Gasteiger partial charge is 0.449 e. The summed E-state index contributed by atoms with van der Waals surface area (Å²) >= 11 is 0. The molecule has 0 amide bonds. The Morgan fingerprint density at radius 3 is 2.46 bits per heavy atom. The highest BCUT2D eigenvalue weighted by Gasteiger charge is 2.34. The molecule has 0 fully saturated rings. The molecule has 1 aromatic carbocycles. The summed E-state index contributed by atoms with van der Waals surface area (Å²) in [6, 6.07) is 12.9. The number of furan rings is 1. The molecule has 140 valence electrons. The van der Waals surface area contributed by atoms with Gasteiger partial charge >= 0.3 is 0 Å². The molecule has 3 aromatic rings. The lowest BCUT2D eigenvalue weighted by Crippen LogP contribution is -2.18. The molecule has 1 atom stereocenters. The molecule has 0 spiro atoms. The maximum Gasteiger partial charge on any atom is 0.229 e. The van der Waals surface area contributed by atoms with Crippen molar-refractivity contribution in [3.05, 3.63) is 88.6 Å². The molecule has 0 saturated carbocycles. The van der Waals surface area contributed by atoms with E-state index >= 15 is 0 Å². The first-order valence-corrected chi connectivity index (χ1v) is 8.59. The van der Waals surface area contributed by atoms with Crippen LogP contribution < -0.4 is 0 Å². The van der Waals surface area contributed by atoms with Gasteiger partial charge in [0, 0.05) is 17.3 Å². The van der Waals surface area contributed by atoms with Gasteiger partial charge in [-0.2, -0.15) is 0 Å². The van der Waals surface area contributed by atoms with Gasteiger partial charge in [0.15, 0.2) is 23.6 Å². The van der Waals surface area contributed by atoms with Crippen LogP contribution in [0, 0.1) is 0 Å². The number of aromatic nitrogens is 1. The second kappa shape index (κ2) is 7.30. The molecular weight excluding hydrogens is 362 g/mol. The number of fused-ring (bicyclic) bond motifs is 2. The van der Waals surface area contributed by atoms with Gasteiger partial charge in [-0.3, -0.25) is 19.4 Å². The molecule has 0 saturated heterocycles. The van der Waals surface area contributed by atoms with Gasteiger partial charge in [-0.1, -0.05) is 30.3 Å². The monoisotopic (exact) mass is 377 g/mol. The van der Waals surface area contributed by atoms with Crippen LogP contribution in [0.4, 0.5) is 0 Å². The van der Waals surface area contributed by atoms with Gasteiger partial charge in [0.25, 0.3) is 0 Å². The van der Waals surface area contributed by atoms with Crippen LogP contribution in [0.1, 0.15) is 54.7 Å². The third kappa shape index (κ3) is 3.28. The minimum absolute atomic E-state index is 0.0379. The van der Waals surface area contributed by atoms with Crippen molar-refractivity contribution in [2.24, 2.45) is 0 Å². The van der Waals surface area contributed by atoms with Crippen molar-refractivity contribution in [2.45, 2.75) is 19.3 Å². The zero-order valence-corrected chi connectivity index (χ0v) is 14.6. The summed E-state index contributed by atoms with van der Waals surface area (Å²) in [6.07, 6.45) is -0.162. The number of ether oxygens (including phenoxy) is 1. The summed E-state index contributed by atoms with van der Waals surface area (Å²) in [4.78, 5) is 41.6. The van der Waals surface area contributed by atoms with Crippen LogP contribution in [0.15, 0.2) is 59.1 Å². The first kappa shape index (κ1) is 18.0. The molecule has 2 heterocycles. The zero-order chi connectivity index (χ0) is 19.7. The summed E-state index contributed by atoms with van der Waals surface area (Å²) in [5, 5.41) is 9.94. The number of aliphatic hydroxyl groups excluding tert-OH is 1. The third-order valence-corrected chi connectivity index (χ3v) is 4.38. The number of hydrogen-bond donors (Lipinski definition) is 1. The normalized spacial score (nSPS) is 13.8. The second-order valence-electron chi connectivity index (χ2n) is 6.27. The Hall–Kier alpha value is -3.42. The fourth-order valence-corrected chi connectivity index (χ4v) is 3.00. The van der Waals surface area contributed by atoms with Gasteiger partial charge in [0.2, 0.25) is 11.6 Å². The molecule has 28 heavy (non-hydrogen) atoms. The number of carbonyl (C=O) groups excluding carboxylic acids is 3. The number of Topliss-reactive ketones (excluding diaryl/α,β-unsaturated/α-hetero) is 1. The quantitative estimate of drug-likeness (QED) is 0.406. The smallest absolute Gasteiger partial charge is 0.229 e. The van der Waals surface area contributed by atoms with E-state index in [0.29, 0.717) is 5.69 Å². The Bertz CT molecular complexity index is 1020. The average Bonchev–Trinajstić information content (AvgIpc) is 3.17. The molecule has 0 bridgehead atoms. The predicted octanol–water partition coefficient (Wildman–Crippen LogP) is 2.56. The van der Waals surface area contributed by atoms with E-state index < -0.39 is 17.9 Å². The minimum Gasteiger partial charge on any atom is -0.449 e. The van der Waals surface area contributed by atoms with Crippen LogP contribution in [0.5, 0.6) is 0 Å². The molecule has 1 aliphatic carbocycles. The fraction of sp³-hybridized carbons (Fsp3) is 0.143. The van der Waals surface area contributed by atoms with Crippen LogP contribution >= 0.6 is 0 Å². The zero-order valence-electron chi connectivity index (χ0n) is 14.6. The summed E-state index contributed by atoms with van der Waals surface area (Å²) in [5.41, 5.74) is 1.18. The van der Waals surface area contributed by atoms with E-state index in [-0.39, 0.29) is 47.0 Å². The minimum atomic E-state index is -1.37. The molecule has 0 aliphatic heterocycles. The van der Waals surface area contributed by atoms with E-state index in [1.165, 1.54) is 12.1 Å². The molecule has 1 unspecified atom stereocenters. The van der Waals surface area contributed by atoms with Crippen LogP contribution in [-0.2, 0) is 11.3 Å². The molecule has 0 radical (unpaired) electrons. The molecule has 1 aliphatic rings. The molecule has 7 nitrogen and oxygen atoms in total. The van der Waals surface area contributed by atoms with Gasteiger partial charge in [-0.15, -0.1) is 0 Å². The third-order valence-electron chi connectivity index (χ3n) is 4.38. The van der Waals surface area contributed by atoms with Crippen molar-refractivity contribution < 1.29 is 28.6 Å². The van der Waals surface area contributed by atoms with E-state index in [9.17, 15) is 19.5 Å². The highest BCUT2D eigenvalue weighted by Crippen LogP contribution is 2.30. The number of rotatable bonds is 6. The number of benzene rings is 1. The Morgan fingerprint density at radius 2 is 1.75 bits per heavy atom. The maximum atomic E-state index is 12.6. The van der Waals surface area contributed by atoms with E-state index in [4.69, 9.17) is 9.15 Å².